The van der Waals surface area contributed by atoms with Crippen LogP contribution in [0, 0.1) is 17.6 Å². The van der Waals surface area contributed by atoms with Gasteiger partial charge in [0.25, 0.3) is 5.91 Å². The molecule has 3 heterocycles. The molecule has 5 rings (SSSR count). The summed E-state index contributed by atoms with van der Waals surface area (Å²) in [5.74, 6) is -0.312. The number of carbonyl (C=O) groups is 1. The molecular weight excluding hydrogens is 438 g/mol. The predicted molar refractivity (Wildman–Crippen MR) is 124 cm³/mol. The molecule has 0 aliphatic carbocycles. The first-order chi connectivity index (χ1) is 16.5. The highest BCUT2D eigenvalue weighted by molar-refractivity contribution is 5.94. The fraction of sp³-hybridized carbons (Fsp3) is 0.346. The van der Waals surface area contributed by atoms with Gasteiger partial charge in [-0.15, -0.1) is 0 Å². The maximum atomic E-state index is 14.4. The van der Waals surface area contributed by atoms with Crippen molar-refractivity contribution in [2.24, 2.45) is 5.92 Å². The fourth-order valence-electron chi connectivity index (χ4n) is 4.40. The summed E-state index contributed by atoms with van der Waals surface area (Å²) in [7, 11) is 0. The van der Waals surface area contributed by atoms with Crippen molar-refractivity contribution in [2.75, 3.05) is 24.5 Å². The molecule has 34 heavy (non-hydrogen) atoms. The van der Waals surface area contributed by atoms with E-state index in [1.54, 1.807) is 17.0 Å². The Kier molecular flexibility index (Phi) is 6.13. The van der Waals surface area contributed by atoms with Gasteiger partial charge in [-0.1, -0.05) is 25.1 Å². The second kappa shape index (κ2) is 9.37. The van der Waals surface area contributed by atoms with Crippen molar-refractivity contribution in [1.29, 1.82) is 0 Å². The lowest BCUT2D eigenvalue weighted by Crippen LogP contribution is -2.38. The second-order valence-electron chi connectivity index (χ2n) is 8.94. The van der Waals surface area contributed by atoms with E-state index >= 15 is 0 Å². The average molecular weight is 465 g/mol. The van der Waals surface area contributed by atoms with E-state index in [0.29, 0.717) is 36.0 Å². The Morgan fingerprint density at radius 1 is 1.03 bits per heavy atom. The van der Waals surface area contributed by atoms with Gasteiger partial charge in [0.2, 0.25) is 11.8 Å². The van der Waals surface area contributed by atoms with Crippen LogP contribution in [-0.2, 0) is 13.0 Å². The summed E-state index contributed by atoms with van der Waals surface area (Å²) in [6.07, 6.45) is 2.63. The number of anilines is 1. The van der Waals surface area contributed by atoms with Gasteiger partial charge in [0.15, 0.2) is 11.6 Å². The van der Waals surface area contributed by atoms with Gasteiger partial charge in [0.05, 0.1) is 17.8 Å². The number of halogens is 2. The van der Waals surface area contributed by atoms with Gasteiger partial charge >= 0.3 is 0 Å². The van der Waals surface area contributed by atoms with Crippen LogP contribution in [0.25, 0.3) is 0 Å². The van der Waals surface area contributed by atoms with Crippen LogP contribution in [-0.4, -0.2) is 40.4 Å². The highest BCUT2D eigenvalue weighted by Crippen LogP contribution is 2.34. The van der Waals surface area contributed by atoms with Crippen LogP contribution < -0.4 is 9.64 Å². The number of hydrogen-bond acceptors (Lipinski definition) is 5. The SMILES string of the molecule is CC1CCN(c2nc3c(c(Oc4ccc(F)cc4F)n2)CN(C(=O)c2ccccc2)CC3)CC1. The van der Waals surface area contributed by atoms with E-state index in [-0.39, 0.29) is 24.1 Å². The highest BCUT2D eigenvalue weighted by Gasteiger charge is 2.29. The quantitative estimate of drug-likeness (QED) is 0.545. The third-order valence-corrected chi connectivity index (χ3v) is 6.49. The average Bonchev–Trinajstić information content (AvgIpc) is 2.86. The highest BCUT2D eigenvalue weighted by atomic mass is 19.1. The minimum absolute atomic E-state index is 0.0979. The number of fused-ring (bicyclic) bond motifs is 1. The maximum Gasteiger partial charge on any atom is 0.254 e. The lowest BCUT2D eigenvalue weighted by Gasteiger charge is -2.33. The Bertz CT molecular complexity index is 1200. The summed E-state index contributed by atoms with van der Waals surface area (Å²) >= 11 is 0. The van der Waals surface area contributed by atoms with E-state index in [9.17, 15) is 13.6 Å². The van der Waals surface area contributed by atoms with Crippen LogP contribution in [0.15, 0.2) is 48.5 Å². The van der Waals surface area contributed by atoms with E-state index in [4.69, 9.17) is 9.72 Å². The molecule has 0 atom stereocenters. The molecule has 1 aromatic heterocycles. The molecule has 1 fully saturated rings. The summed E-state index contributed by atoms with van der Waals surface area (Å²) in [5.41, 5.74) is 2.03. The van der Waals surface area contributed by atoms with Gasteiger partial charge in [0.1, 0.15) is 5.82 Å². The van der Waals surface area contributed by atoms with Crippen LogP contribution in [0.4, 0.5) is 14.7 Å². The van der Waals surface area contributed by atoms with E-state index in [0.717, 1.165) is 43.8 Å². The summed E-state index contributed by atoms with van der Waals surface area (Å²) in [4.78, 5) is 26.4. The number of hydrogen-bond donors (Lipinski definition) is 0. The fourth-order valence-corrected chi connectivity index (χ4v) is 4.40. The number of aromatic nitrogens is 2. The monoisotopic (exact) mass is 464 g/mol. The number of rotatable bonds is 4. The summed E-state index contributed by atoms with van der Waals surface area (Å²) in [5, 5.41) is 0. The number of ether oxygens (including phenoxy) is 1. The van der Waals surface area contributed by atoms with E-state index < -0.39 is 11.6 Å². The predicted octanol–water partition coefficient (Wildman–Crippen LogP) is 4.98. The smallest absolute Gasteiger partial charge is 0.254 e. The Labute approximate surface area is 197 Å². The van der Waals surface area contributed by atoms with Crippen molar-refractivity contribution in [2.45, 2.75) is 32.7 Å². The zero-order valence-corrected chi connectivity index (χ0v) is 19.0. The Morgan fingerprint density at radius 3 is 2.53 bits per heavy atom. The summed E-state index contributed by atoms with van der Waals surface area (Å²) in [6.45, 7) is 4.66. The number of benzene rings is 2. The zero-order chi connectivity index (χ0) is 23.7. The standard InChI is InChI=1S/C26H26F2N4O2/c1-17-9-12-31(13-10-17)26-29-22-11-14-32(25(33)18-5-3-2-4-6-18)16-20(22)24(30-26)34-23-8-7-19(27)15-21(23)28/h2-8,15,17H,9-14,16H2,1H3. The molecule has 0 spiro atoms. The minimum Gasteiger partial charge on any atom is -0.435 e. The molecule has 0 saturated carbocycles. The molecule has 1 saturated heterocycles. The number of nitrogens with zero attached hydrogens (tertiary/aromatic N) is 4. The topological polar surface area (TPSA) is 58.6 Å². The lowest BCUT2D eigenvalue weighted by atomic mass is 9.99. The van der Waals surface area contributed by atoms with Gasteiger partial charge in [-0.05, 0) is 43.0 Å². The van der Waals surface area contributed by atoms with E-state index in [1.807, 2.05) is 18.2 Å². The summed E-state index contributed by atoms with van der Waals surface area (Å²) < 4.78 is 33.7. The van der Waals surface area contributed by atoms with Crippen molar-refractivity contribution in [3.63, 3.8) is 0 Å². The van der Waals surface area contributed by atoms with Gasteiger partial charge in [0, 0.05) is 37.7 Å². The van der Waals surface area contributed by atoms with Crippen molar-refractivity contribution < 1.29 is 18.3 Å². The molecule has 6 nitrogen and oxygen atoms in total. The Hall–Kier alpha value is -3.55. The van der Waals surface area contributed by atoms with Crippen LogP contribution >= 0.6 is 0 Å². The largest absolute Gasteiger partial charge is 0.435 e. The van der Waals surface area contributed by atoms with Crippen molar-refractivity contribution in [3.05, 3.63) is 77.0 Å². The molecular formula is C26H26F2N4O2. The Balaban J connectivity index is 1.49. The van der Waals surface area contributed by atoms with Crippen molar-refractivity contribution >= 4 is 11.9 Å². The van der Waals surface area contributed by atoms with Gasteiger partial charge in [-0.2, -0.15) is 4.98 Å². The molecule has 0 radical (unpaired) electrons. The molecule has 176 valence electrons. The first-order valence-electron chi connectivity index (χ1n) is 11.6. The maximum absolute atomic E-state index is 14.4. The number of amides is 1. The molecule has 0 N–H and O–H groups in total. The molecule has 3 aromatic rings. The molecule has 2 aliphatic heterocycles. The van der Waals surface area contributed by atoms with Crippen LogP contribution in [0.3, 0.4) is 0 Å². The molecule has 0 bridgehead atoms. The van der Waals surface area contributed by atoms with Gasteiger partial charge in [-0.25, -0.2) is 13.8 Å². The lowest BCUT2D eigenvalue weighted by molar-refractivity contribution is 0.0732. The molecule has 1 amide bonds. The molecule has 8 heteroatoms. The normalized spacial score (nSPS) is 16.3. The number of piperidine rings is 1. The first kappa shape index (κ1) is 22.3. The minimum atomic E-state index is -0.811. The molecule has 0 unspecified atom stereocenters. The van der Waals surface area contributed by atoms with Crippen LogP contribution in [0.5, 0.6) is 11.6 Å². The first-order valence-corrected chi connectivity index (χ1v) is 11.6. The van der Waals surface area contributed by atoms with Crippen LogP contribution in [0.1, 0.15) is 41.4 Å². The summed E-state index contributed by atoms with van der Waals surface area (Å²) in [6, 6.07) is 12.2. The van der Waals surface area contributed by atoms with Crippen molar-refractivity contribution in [1.82, 2.24) is 14.9 Å². The van der Waals surface area contributed by atoms with Gasteiger partial charge < -0.3 is 14.5 Å². The second-order valence-corrected chi connectivity index (χ2v) is 8.94. The zero-order valence-electron chi connectivity index (χ0n) is 19.0. The molecule has 2 aromatic carbocycles. The third kappa shape index (κ3) is 4.58. The van der Waals surface area contributed by atoms with E-state index in [1.165, 1.54) is 6.07 Å². The van der Waals surface area contributed by atoms with Crippen LogP contribution in [0.2, 0.25) is 0 Å². The Morgan fingerprint density at radius 2 is 1.79 bits per heavy atom. The van der Waals surface area contributed by atoms with Crippen molar-refractivity contribution in [3.8, 4) is 11.6 Å². The number of carbonyl (C=O) groups excluding carboxylic acids is 1. The van der Waals surface area contributed by atoms with E-state index in [2.05, 4.69) is 16.8 Å². The molecule has 2 aliphatic rings. The van der Waals surface area contributed by atoms with Gasteiger partial charge in [-0.3, -0.25) is 4.79 Å². The third-order valence-electron chi connectivity index (χ3n) is 6.49.